The first-order valence-corrected chi connectivity index (χ1v) is 7.64. The quantitative estimate of drug-likeness (QED) is 0.579. The lowest BCUT2D eigenvalue weighted by molar-refractivity contribution is -0.0249. The molecule has 6 nitrogen and oxygen atoms in total. The lowest BCUT2D eigenvalue weighted by Gasteiger charge is -2.11. The number of aromatic nitrogens is 2. The van der Waals surface area contributed by atoms with E-state index in [0.717, 1.165) is 0 Å². The van der Waals surface area contributed by atoms with Crippen LogP contribution in [0.4, 0.5) is 0 Å². The van der Waals surface area contributed by atoms with E-state index in [1.807, 2.05) is 0 Å². The summed E-state index contributed by atoms with van der Waals surface area (Å²) in [6, 6.07) is 1.69. The van der Waals surface area contributed by atoms with Crippen LogP contribution in [0.1, 0.15) is 11.9 Å². The molecule has 1 unspecified atom stereocenters. The molecule has 4 atom stereocenters. The van der Waals surface area contributed by atoms with Crippen molar-refractivity contribution >= 4 is 50.2 Å². The molecule has 2 aromatic rings. The van der Waals surface area contributed by atoms with E-state index in [0.29, 0.717) is 31.4 Å². The molecule has 114 valence electrons. The second kappa shape index (κ2) is 5.66. The first-order chi connectivity index (χ1) is 9.93. The highest BCUT2D eigenvalue weighted by atomic mass is 79.9. The van der Waals surface area contributed by atoms with Gasteiger partial charge in [0.15, 0.2) is 0 Å². The van der Waals surface area contributed by atoms with Gasteiger partial charge < -0.3 is 25.0 Å². The standard InChI is InChI=1S/C12H11BrCl2N2O4/c13-3-1-4-8(7(15)6(3)14)17-12(16-4)11-10(20)9(19)5(2-18)21-11/h1,5,9-11,18-20H,2H2,(H,16,17)/t5-,9-,10-,11?/m1/s1. The molecule has 0 amide bonds. The molecular formula is C12H11BrCl2N2O4. The number of nitrogens with zero attached hydrogens (tertiary/aromatic N) is 1. The highest BCUT2D eigenvalue weighted by Crippen LogP contribution is 2.38. The maximum atomic E-state index is 10.0. The van der Waals surface area contributed by atoms with Gasteiger partial charge in [-0.25, -0.2) is 4.98 Å². The summed E-state index contributed by atoms with van der Waals surface area (Å²) in [6.45, 7) is -0.396. The van der Waals surface area contributed by atoms with Crippen LogP contribution in [0.3, 0.4) is 0 Å². The molecule has 0 bridgehead atoms. The molecule has 21 heavy (non-hydrogen) atoms. The van der Waals surface area contributed by atoms with E-state index in [1.165, 1.54) is 0 Å². The highest BCUT2D eigenvalue weighted by Gasteiger charge is 2.44. The van der Waals surface area contributed by atoms with Crippen molar-refractivity contribution in [3.05, 3.63) is 26.4 Å². The Bertz CT molecular complexity index is 695. The minimum absolute atomic E-state index is 0.298. The molecule has 1 aromatic carbocycles. The minimum Gasteiger partial charge on any atom is -0.394 e. The van der Waals surface area contributed by atoms with Crippen molar-refractivity contribution in [3.8, 4) is 0 Å². The summed E-state index contributed by atoms with van der Waals surface area (Å²) < 4.78 is 6.02. The number of benzene rings is 1. The Kier molecular flexibility index (Phi) is 4.17. The van der Waals surface area contributed by atoms with Crippen LogP contribution in [-0.2, 0) is 4.74 Å². The number of rotatable bonds is 2. The maximum Gasteiger partial charge on any atom is 0.144 e. The lowest BCUT2D eigenvalue weighted by atomic mass is 10.1. The fourth-order valence-electron chi connectivity index (χ4n) is 2.34. The lowest BCUT2D eigenvalue weighted by Crippen LogP contribution is -2.32. The van der Waals surface area contributed by atoms with Gasteiger partial charge in [0.25, 0.3) is 0 Å². The summed E-state index contributed by atoms with van der Waals surface area (Å²) in [5, 5.41) is 29.5. The van der Waals surface area contributed by atoms with Gasteiger partial charge in [-0.15, -0.1) is 0 Å². The molecule has 2 heterocycles. The first-order valence-electron chi connectivity index (χ1n) is 6.09. The van der Waals surface area contributed by atoms with E-state index >= 15 is 0 Å². The smallest absolute Gasteiger partial charge is 0.144 e. The van der Waals surface area contributed by atoms with Crippen molar-refractivity contribution in [1.29, 1.82) is 0 Å². The molecule has 9 heteroatoms. The number of imidazole rings is 1. The molecule has 0 aliphatic carbocycles. The number of hydrogen-bond donors (Lipinski definition) is 4. The van der Waals surface area contributed by atoms with Crippen LogP contribution in [0.5, 0.6) is 0 Å². The fourth-order valence-corrected chi connectivity index (χ4v) is 3.26. The largest absolute Gasteiger partial charge is 0.394 e. The van der Waals surface area contributed by atoms with Gasteiger partial charge in [-0.1, -0.05) is 23.2 Å². The van der Waals surface area contributed by atoms with Gasteiger partial charge >= 0.3 is 0 Å². The van der Waals surface area contributed by atoms with E-state index in [9.17, 15) is 10.2 Å². The summed E-state index contributed by atoms with van der Waals surface area (Å²) in [5.74, 6) is 0.309. The molecule has 1 saturated heterocycles. The van der Waals surface area contributed by atoms with Crippen molar-refractivity contribution in [1.82, 2.24) is 9.97 Å². The number of halogens is 3. The average Bonchev–Trinajstić information content (AvgIpc) is 2.99. The van der Waals surface area contributed by atoms with Gasteiger partial charge in [0.2, 0.25) is 0 Å². The van der Waals surface area contributed by atoms with E-state index in [4.69, 9.17) is 33.0 Å². The third-order valence-corrected chi connectivity index (χ3v) is 5.17. The molecule has 1 fully saturated rings. The predicted octanol–water partition coefficient (Wildman–Crippen LogP) is 1.79. The zero-order valence-electron chi connectivity index (χ0n) is 10.4. The molecule has 0 radical (unpaired) electrons. The number of ether oxygens (including phenoxy) is 1. The minimum atomic E-state index is -1.19. The number of hydrogen-bond acceptors (Lipinski definition) is 5. The van der Waals surface area contributed by atoms with Crippen molar-refractivity contribution in [2.75, 3.05) is 6.61 Å². The van der Waals surface area contributed by atoms with Crippen molar-refractivity contribution < 1.29 is 20.1 Å². The number of H-pyrrole nitrogens is 1. The fraction of sp³-hybridized carbons (Fsp3) is 0.417. The molecule has 0 saturated carbocycles. The summed E-state index contributed by atoms with van der Waals surface area (Å²) in [6.07, 6.45) is -4.11. The Morgan fingerprint density at radius 1 is 1.29 bits per heavy atom. The van der Waals surface area contributed by atoms with Gasteiger partial charge in [-0.05, 0) is 22.0 Å². The topological polar surface area (TPSA) is 98.6 Å². The molecule has 4 N–H and O–H groups in total. The number of nitrogens with one attached hydrogen (secondary N) is 1. The average molecular weight is 398 g/mol. The zero-order chi connectivity index (χ0) is 15.3. The van der Waals surface area contributed by atoms with Crippen molar-refractivity contribution in [2.45, 2.75) is 24.4 Å². The van der Waals surface area contributed by atoms with Gasteiger partial charge in [-0.3, -0.25) is 0 Å². The summed E-state index contributed by atoms with van der Waals surface area (Å²) in [5.41, 5.74) is 1.06. The normalized spacial score (nSPS) is 29.4. The van der Waals surface area contributed by atoms with Gasteiger partial charge in [-0.2, -0.15) is 0 Å². The maximum absolute atomic E-state index is 10.0. The Hall–Kier alpha value is -0.410. The van der Waals surface area contributed by atoms with E-state index in [2.05, 4.69) is 25.9 Å². The number of fused-ring (bicyclic) bond motifs is 1. The van der Waals surface area contributed by atoms with Gasteiger partial charge in [0.05, 0.1) is 27.7 Å². The predicted molar refractivity (Wildman–Crippen MR) is 80.5 cm³/mol. The van der Waals surface area contributed by atoms with Gasteiger partial charge in [0.1, 0.15) is 30.2 Å². The number of aliphatic hydroxyl groups excluding tert-OH is 3. The monoisotopic (exact) mass is 396 g/mol. The SMILES string of the molecule is OC[C@H]1OC(c2nc3cc(Br)c(Cl)c(Cl)c3[nH]2)[C@H](O)[C@@H]1O. The Labute approximate surface area is 137 Å². The van der Waals surface area contributed by atoms with Crippen molar-refractivity contribution in [2.24, 2.45) is 0 Å². The molecule has 0 spiro atoms. The van der Waals surface area contributed by atoms with Gasteiger partial charge in [0, 0.05) is 4.47 Å². The molecular weight excluding hydrogens is 387 g/mol. The van der Waals surface area contributed by atoms with Crippen LogP contribution in [0.25, 0.3) is 11.0 Å². The Morgan fingerprint density at radius 3 is 2.62 bits per heavy atom. The number of aliphatic hydroxyl groups is 3. The molecule has 1 aromatic heterocycles. The van der Waals surface area contributed by atoms with Crippen LogP contribution < -0.4 is 0 Å². The summed E-state index contributed by atoms with van der Waals surface area (Å²) in [4.78, 5) is 7.25. The van der Waals surface area contributed by atoms with Crippen LogP contribution in [-0.4, -0.2) is 50.2 Å². The Morgan fingerprint density at radius 2 is 2.00 bits per heavy atom. The molecule has 1 aliphatic rings. The first kappa shape index (κ1) is 15.5. The van der Waals surface area contributed by atoms with Crippen LogP contribution in [0, 0.1) is 0 Å². The van der Waals surface area contributed by atoms with E-state index in [-0.39, 0.29) is 0 Å². The third-order valence-electron chi connectivity index (χ3n) is 3.45. The van der Waals surface area contributed by atoms with E-state index < -0.39 is 31.0 Å². The summed E-state index contributed by atoms with van der Waals surface area (Å²) in [7, 11) is 0. The number of aromatic amines is 1. The third kappa shape index (κ3) is 2.46. The zero-order valence-corrected chi connectivity index (χ0v) is 13.5. The van der Waals surface area contributed by atoms with E-state index in [1.54, 1.807) is 6.07 Å². The van der Waals surface area contributed by atoms with Crippen LogP contribution in [0.15, 0.2) is 10.5 Å². The molecule has 3 rings (SSSR count). The van der Waals surface area contributed by atoms with Crippen molar-refractivity contribution in [3.63, 3.8) is 0 Å². The van der Waals surface area contributed by atoms with Crippen LogP contribution in [0.2, 0.25) is 10.0 Å². The highest BCUT2D eigenvalue weighted by molar-refractivity contribution is 9.10. The molecule has 1 aliphatic heterocycles. The van der Waals surface area contributed by atoms with Crippen LogP contribution >= 0.6 is 39.1 Å². The Balaban J connectivity index is 2.04. The second-order valence-corrected chi connectivity index (χ2v) is 6.37. The summed E-state index contributed by atoms with van der Waals surface area (Å²) >= 11 is 15.5. The second-order valence-electron chi connectivity index (χ2n) is 4.76.